The second-order valence-electron chi connectivity index (χ2n) is 3.49. The van der Waals surface area contributed by atoms with Crippen LogP contribution in [-0.4, -0.2) is 13.2 Å². The first-order valence-electron chi connectivity index (χ1n) is 5.54. The zero-order valence-corrected chi connectivity index (χ0v) is 12.6. The quantitative estimate of drug-likeness (QED) is 0.799. The van der Waals surface area contributed by atoms with E-state index in [9.17, 15) is 4.57 Å². The Labute approximate surface area is 117 Å². The van der Waals surface area contributed by atoms with E-state index in [0.29, 0.717) is 15.6 Å². The number of hydrogen-bond donors (Lipinski definition) is 1. The van der Waals surface area contributed by atoms with Crippen molar-refractivity contribution in [1.82, 2.24) is 0 Å². The minimum atomic E-state index is -3.39. The molecule has 0 bridgehead atoms. The van der Waals surface area contributed by atoms with Gasteiger partial charge in [0.15, 0.2) is 0 Å². The maximum absolute atomic E-state index is 12.5. The summed E-state index contributed by atoms with van der Waals surface area (Å²) in [5.74, 6) is -0.882. The van der Waals surface area contributed by atoms with E-state index >= 15 is 0 Å². The van der Waals surface area contributed by atoms with Crippen molar-refractivity contribution in [2.75, 3.05) is 13.2 Å². The molecule has 7 heteroatoms. The third-order valence-electron chi connectivity index (χ3n) is 2.24. The standard InChI is InChI=1S/C11H16Cl2NO3P/c1-3-16-18(15,17-4-2)11(14)8-5-6-9(12)10(13)7-8/h5-7,11H,3-4,14H2,1-2H3/t11-/m1/s1. The molecule has 0 unspecified atom stereocenters. The Hall–Kier alpha value is -0.0900. The molecule has 102 valence electrons. The van der Waals surface area contributed by atoms with E-state index in [0.717, 1.165) is 0 Å². The minimum absolute atomic E-state index is 0.256. The lowest BCUT2D eigenvalue weighted by Gasteiger charge is -2.23. The predicted molar refractivity (Wildman–Crippen MR) is 74.2 cm³/mol. The molecule has 0 aliphatic rings. The van der Waals surface area contributed by atoms with Crippen molar-refractivity contribution in [2.45, 2.75) is 19.6 Å². The Morgan fingerprint density at radius 2 is 1.78 bits per heavy atom. The summed E-state index contributed by atoms with van der Waals surface area (Å²) in [6.07, 6.45) is 0. The molecule has 1 rings (SSSR count). The molecule has 1 aromatic carbocycles. The maximum atomic E-state index is 12.5. The number of benzene rings is 1. The first-order chi connectivity index (χ1) is 8.44. The summed E-state index contributed by atoms with van der Waals surface area (Å²) in [6, 6.07) is 4.82. The van der Waals surface area contributed by atoms with Gasteiger partial charge in [-0.05, 0) is 31.5 Å². The third-order valence-corrected chi connectivity index (χ3v) is 5.20. The van der Waals surface area contributed by atoms with Crippen LogP contribution in [0.25, 0.3) is 0 Å². The molecule has 1 aromatic rings. The lowest BCUT2D eigenvalue weighted by atomic mass is 10.2. The Bertz CT molecular complexity index is 446. The van der Waals surface area contributed by atoms with Gasteiger partial charge in [-0.2, -0.15) is 0 Å². The molecule has 0 spiro atoms. The van der Waals surface area contributed by atoms with E-state index < -0.39 is 13.4 Å². The van der Waals surface area contributed by atoms with Crippen molar-refractivity contribution in [3.63, 3.8) is 0 Å². The molecule has 2 N–H and O–H groups in total. The molecule has 18 heavy (non-hydrogen) atoms. The van der Waals surface area contributed by atoms with Gasteiger partial charge in [0.05, 0.1) is 23.3 Å². The van der Waals surface area contributed by atoms with Crippen LogP contribution in [0.4, 0.5) is 0 Å². The molecule has 1 atom stereocenters. The van der Waals surface area contributed by atoms with E-state index in [1.807, 2.05) is 0 Å². The number of halogens is 2. The van der Waals surface area contributed by atoms with Gasteiger partial charge in [0.25, 0.3) is 0 Å². The van der Waals surface area contributed by atoms with Crippen LogP contribution in [0.1, 0.15) is 25.2 Å². The summed E-state index contributed by atoms with van der Waals surface area (Å²) < 4.78 is 22.8. The molecule has 0 saturated heterocycles. The van der Waals surface area contributed by atoms with Gasteiger partial charge in [0.1, 0.15) is 5.78 Å². The van der Waals surface area contributed by atoms with E-state index in [2.05, 4.69) is 0 Å². The molecule has 0 radical (unpaired) electrons. The summed E-state index contributed by atoms with van der Waals surface area (Å²) in [5.41, 5.74) is 6.51. The lowest BCUT2D eigenvalue weighted by molar-refractivity contribution is 0.212. The summed E-state index contributed by atoms with van der Waals surface area (Å²) in [7, 11) is -3.39. The van der Waals surface area contributed by atoms with Crippen LogP contribution in [-0.2, 0) is 13.6 Å². The van der Waals surface area contributed by atoms with Crippen molar-refractivity contribution < 1.29 is 13.6 Å². The predicted octanol–water partition coefficient (Wildman–Crippen LogP) is 4.22. The number of hydrogen-bond acceptors (Lipinski definition) is 4. The number of rotatable bonds is 6. The van der Waals surface area contributed by atoms with Crippen molar-refractivity contribution in [3.8, 4) is 0 Å². The van der Waals surface area contributed by atoms with E-state index in [1.165, 1.54) is 0 Å². The lowest BCUT2D eigenvalue weighted by Crippen LogP contribution is -2.15. The first-order valence-corrected chi connectivity index (χ1v) is 7.90. The Morgan fingerprint density at radius 1 is 1.22 bits per heavy atom. The SMILES string of the molecule is CCOP(=O)(OCC)[C@@H](N)c1ccc(Cl)c(Cl)c1. The molecule has 0 fully saturated rings. The number of nitrogens with two attached hydrogens (primary N) is 1. The average Bonchev–Trinajstić information content (AvgIpc) is 2.32. The van der Waals surface area contributed by atoms with Crippen LogP contribution in [0.5, 0.6) is 0 Å². The zero-order valence-electron chi connectivity index (χ0n) is 10.2. The van der Waals surface area contributed by atoms with Gasteiger partial charge in [-0.1, -0.05) is 29.3 Å². The molecule has 4 nitrogen and oxygen atoms in total. The second-order valence-corrected chi connectivity index (χ2v) is 6.46. The van der Waals surface area contributed by atoms with E-state index in [1.54, 1.807) is 32.0 Å². The molecule has 0 saturated carbocycles. The van der Waals surface area contributed by atoms with Gasteiger partial charge in [0.2, 0.25) is 0 Å². The summed E-state index contributed by atoms with van der Waals surface area (Å²) >= 11 is 11.7. The third kappa shape index (κ3) is 3.70. The molecular weight excluding hydrogens is 296 g/mol. The van der Waals surface area contributed by atoms with Gasteiger partial charge in [-0.3, -0.25) is 4.57 Å². The monoisotopic (exact) mass is 311 g/mol. The molecular formula is C11H16Cl2NO3P. The molecule has 0 heterocycles. The van der Waals surface area contributed by atoms with Crippen LogP contribution < -0.4 is 5.73 Å². The molecule has 0 amide bonds. The zero-order chi connectivity index (χ0) is 13.8. The summed E-state index contributed by atoms with van der Waals surface area (Å²) in [4.78, 5) is 0. The van der Waals surface area contributed by atoms with E-state index in [-0.39, 0.29) is 13.2 Å². The summed E-state index contributed by atoms with van der Waals surface area (Å²) in [6.45, 7) is 3.97. The fourth-order valence-electron chi connectivity index (χ4n) is 1.44. The van der Waals surface area contributed by atoms with Crippen LogP contribution in [0.3, 0.4) is 0 Å². The fourth-order valence-corrected chi connectivity index (χ4v) is 3.38. The molecule has 0 aliphatic carbocycles. The van der Waals surface area contributed by atoms with Gasteiger partial charge in [0, 0.05) is 0 Å². The topological polar surface area (TPSA) is 61.5 Å². The second kappa shape index (κ2) is 6.90. The molecule has 0 aromatic heterocycles. The van der Waals surface area contributed by atoms with Gasteiger partial charge in [-0.25, -0.2) is 0 Å². The Kier molecular flexibility index (Phi) is 6.12. The maximum Gasteiger partial charge on any atom is 0.351 e. The van der Waals surface area contributed by atoms with Crippen molar-refractivity contribution >= 4 is 30.8 Å². The van der Waals surface area contributed by atoms with Crippen LogP contribution in [0.15, 0.2) is 18.2 Å². The largest absolute Gasteiger partial charge is 0.351 e. The average molecular weight is 312 g/mol. The van der Waals surface area contributed by atoms with Crippen molar-refractivity contribution in [1.29, 1.82) is 0 Å². The van der Waals surface area contributed by atoms with Crippen LogP contribution >= 0.6 is 30.8 Å². The van der Waals surface area contributed by atoms with Crippen LogP contribution in [0, 0.1) is 0 Å². The normalized spacial score (nSPS) is 13.6. The highest BCUT2D eigenvalue weighted by atomic mass is 35.5. The smallest absolute Gasteiger partial charge is 0.314 e. The molecule has 0 aliphatic heterocycles. The minimum Gasteiger partial charge on any atom is -0.314 e. The fraction of sp³-hybridized carbons (Fsp3) is 0.455. The first kappa shape index (κ1) is 16.0. The highest BCUT2D eigenvalue weighted by Crippen LogP contribution is 2.58. The highest BCUT2D eigenvalue weighted by Gasteiger charge is 2.34. The van der Waals surface area contributed by atoms with Crippen molar-refractivity contribution in [3.05, 3.63) is 33.8 Å². The summed E-state index contributed by atoms with van der Waals surface area (Å²) in [5, 5.41) is 0.763. The van der Waals surface area contributed by atoms with Crippen molar-refractivity contribution in [2.24, 2.45) is 5.73 Å². The van der Waals surface area contributed by atoms with E-state index in [4.69, 9.17) is 38.0 Å². The van der Waals surface area contributed by atoms with Crippen LogP contribution in [0.2, 0.25) is 10.0 Å². The van der Waals surface area contributed by atoms with Gasteiger partial charge < -0.3 is 14.8 Å². The van der Waals surface area contributed by atoms with Gasteiger partial charge >= 0.3 is 7.60 Å². The highest BCUT2D eigenvalue weighted by molar-refractivity contribution is 7.54. The van der Waals surface area contributed by atoms with Gasteiger partial charge in [-0.15, -0.1) is 0 Å². The Morgan fingerprint density at radius 3 is 2.22 bits per heavy atom. The Balaban J connectivity index is 3.05.